The maximum absolute atomic E-state index is 15.0. The van der Waals surface area contributed by atoms with Gasteiger partial charge in [0, 0.05) is 32.5 Å². The minimum atomic E-state index is -1.14. The highest BCUT2D eigenvalue weighted by Gasteiger charge is 2.51. The number of fused-ring (bicyclic) bond motifs is 4. The van der Waals surface area contributed by atoms with Crippen LogP contribution in [-0.2, 0) is 4.74 Å². The van der Waals surface area contributed by atoms with E-state index in [1.807, 2.05) is 4.90 Å². The number of nitrogens with zero attached hydrogens (tertiary/aromatic N) is 6. The van der Waals surface area contributed by atoms with E-state index in [4.69, 9.17) is 14.5 Å². The Labute approximate surface area is 212 Å². The number of rotatable bonds is 4. The van der Waals surface area contributed by atoms with Gasteiger partial charge in [0.15, 0.2) is 10.6 Å². The first-order valence-electron chi connectivity index (χ1n) is 12.7. The van der Waals surface area contributed by atoms with Gasteiger partial charge in [-0.15, -0.1) is 11.3 Å². The van der Waals surface area contributed by atoms with Gasteiger partial charge in [0.25, 0.3) is 0 Å². The standard InChI is InChI=1S/C24H32F2N6O3S/c1-23(2,3)35-22(33)32-15-7-16(26)17(32)11-30(10-15)19-18-20(36-13-27-18)29-21(28-19)34-12-24-5-4-6-31(24)9-14(25)8-24/h13-17H,4-12H2,1-3H3/t14-,15-,16?,17-,24+/m1/s1. The molecule has 2 aromatic heterocycles. The number of ether oxygens (including phenoxy) is 2. The number of alkyl halides is 2. The molecule has 2 aromatic rings. The Hall–Kier alpha value is -2.34. The first kappa shape index (κ1) is 24.0. The number of thiazole rings is 1. The van der Waals surface area contributed by atoms with Crippen LogP contribution in [0.4, 0.5) is 19.4 Å². The second-order valence-electron chi connectivity index (χ2n) is 11.5. The number of piperazine rings is 1. The highest BCUT2D eigenvalue weighted by atomic mass is 32.1. The molecule has 4 fully saturated rings. The fraction of sp³-hybridized carbons (Fsp3) is 0.750. The fourth-order valence-electron chi connectivity index (χ4n) is 6.33. The third kappa shape index (κ3) is 4.15. The predicted octanol–water partition coefficient (Wildman–Crippen LogP) is 3.58. The molecule has 9 nitrogen and oxygen atoms in total. The summed E-state index contributed by atoms with van der Waals surface area (Å²) in [7, 11) is 0. The average molecular weight is 523 g/mol. The van der Waals surface area contributed by atoms with Crippen molar-refractivity contribution in [3.8, 4) is 6.01 Å². The van der Waals surface area contributed by atoms with Crippen LogP contribution in [0.25, 0.3) is 10.3 Å². The van der Waals surface area contributed by atoms with E-state index in [1.165, 1.54) is 11.3 Å². The summed E-state index contributed by atoms with van der Waals surface area (Å²) < 4.78 is 40.9. The fourth-order valence-corrected chi connectivity index (χ4v) is 6.97. The largest absolute Gasteiger partial charge is 0.461 e. The SMILES string of the molecule is CC(C)(C)OC(=O)N1[C@@H]2CC(F)[C@H]1CN(c1nc(OC[C@@]34CCCN3C[C@H](F)C4)nc3scnc13)C2. The summed E-state index contributed by atoms with van der Waals surface area (Å²) >= 11 is 1.39. The highest BCUT2D eigenvalue weighted by Crippen LogP contribution is 2.41. The predicted molar refractivity (Wildman–Crippen MR) is 131 cm³/mol. The summed E-state index contributed by atoms with van der Waals surface area (Å²) in [6.07, 6.45) is 0.210. The highest BCUT2D eigenvalue weighted by molar-refractivity contribution is 7.16. The summed E-state index contributed by atoms with van der Waals surface area (Å²) in [5, 5.41) is 0. The van der Waals surface area contributed by atoms with Crippen molar-refractivity contribution < 1.29 is 23.0 Å². The monoisotopic (exact) mass is 522 g/mol. The van der Waals surface area contributed by atoms with Crippen molar-refractivity contribution in [3.63, 3.8) is 0 Å². The van der Waals surface area contributed by atoms with Gasteiger partial charge in [-0.2, -0.15) is 9.97 Å². The molecule has 0 aliphatic carbocycles. The van der Waals surface area contributed by atoms with Crippen LogP contribution in [0.2, 0.25) is 0 Å². The van der Waals surface area contributed by atoms with Crippen LogP contribution in [0.5, 0.6) is 6.01 Å². The Bertz CT molecular complexity index is 1160. The van der Waals surface area contributed by atoms with Crippen LogP contribution < -0.4 is 9.64 Å². The molecule has 4 aliphatic rings. The number of anilines is 1. The third-order valence-corrected chi connectivity index (χ3v) is 8.52. The third-order valence-electron chi connectivity index (χ3n) is 7.80. The normalized spacial score (nSPS) is 32.4. The van der Waals surface area contributed by atoms with E-state index in [0.717, 1.165) is 19.4 Å². The van der Waals surface area contributed by atoms with Gasteiger partial charge in [0.05, 0.1) is 23.1 Å². The number of halogens is 2. The molecule has 0 N–H and O–H groups in total. The maximum atomic E-state index is 15.0. The number of hydrogen-bond acceptors (Lipinski definition) is 9. The van der Waals surface area contributed by atoms with Crippen LogP contribution in [0, 0.1) is 0 Å². The van der Waals surface area contributed by atoms with Gasteiger partial charge in [0.1, 0.15) is 30.1 Å². The lowest BCUT2D eigenvalue weighted by atomic mass is 9.95. The summed E-state index contributed by atoms with van der Waals surface area (Å²) in [6.45, 7) is 7.80. The Morgan fingerprint density at radius 3 is 2.86 bits per heavy atom. The quantitative estimate of drug-likeness (QED) is 0.603. The van der Waals surface area contributed by atoms with Gasteiger partial charge < -0.3 is 14.4 Å². The lowest BCUT2D eigenvalue weighted by Gasteiger charge is -2.41. The molecule has 36 heavy (non-hydrogen) atoms. The zero-order valence-corrected chi connectivity index (χ0v) is 21.6. The molecular weight excluding hydrogens is 490 g/mol. The van der Waals surface area contributed by atoms with Gasteiger partial charge in [-0.3, -0.25) is 9.80 Å². The molecule has 5 atom stereocenters. The van der Waals surface area contributed by atoms with E-state index >= 15 is 4.39 Å². The molecule has 6 rings (SSSR count). The van der Waals surface area contributed by atoms with Crippen LogP contribution in [0.3, 0.4) is 0 Å². The smallest absolute Gasteiger partial charge is 0.411 e. The van der Waals surface area contributed by atoms with Crippen molar-refractivity contribution in [2.75, 3.05) is 37.7 Å². The summed E-state index contributed by atoms with van der Waals surface area (Å²) in [6, 6.07) is -0.728. The van der Waals surface area contributed by atoms with Crippen molar-refractivity contribution in [2.24, 2.45) is 0 Å². The molecule has 4 saturated heterocycles. The van der Waals surface area contributed by atoms with Gasteiger partial charge >= 0.3 is 12.1 Å². The van der Waals surface area contributed by atoms with E-state index in [9.17, 15) is 9.18 Å². The van der Waals surface area contributed by atoms with Crippen LogP contribution >= 0.6 is 11.3 Å². The Kier molecular flexibility index (Phi) is 5.75. The minimum absolute atomic E-state index is 0.226. The van der Waals surface area contributed by atoms with E-state index in [1.54, 1.807) is 31.2 Å². The molecule has 1 amide bonds. The van der Waals surface area contributed by atoms with Crippen LogP contribution in [0.1, 0.15) is 46.5 Å². The number of carbonyl (C=O) groups is 1. The van der Waals surface area contributed by atoms with Gasteiger partial charge in [-0.05, 0) is 40.2 Å². The Morgan fingerprint density at radius 2 is 2.08 bits per heavy atom. The zero-order chi connectivity index (χ0) is 25.2. The first-order valence-corrected chi connectivity index (χ1v) is 13.5. The van der Waals surface area contributed by atoms with Crippen LogP contribution in [-0.4, -0.2) is 99.2 Å². The van der Waals surface area contributed by atoms with Gasteiger partial charge in [-0.1, -0.05) is 0 Å². The van der Waals surface area contributed by atoms with E-state index in [2.05, 4.69) is 14.9 Å². The molecule has 4 aliphatic heterocycles. The van der Waals surface area contributed by atoms with E-state index in [-0.39, 0.29) is 30.6 Å². The molecule has 6 heterocycles. The molecule has 1 unspecified atom stereocenters. The zero-order valence-electron chi connectivity index (χ0n) is 20.8. The second-order valence-corrected chi connectivity index (χ2v) is 12.3. The van der Waals surface area contributed by atoms with Crippen molar-refractivity contribution in [1.82, 2.24) is 24.8 Å². The van der Waals surface area contributed by atoms with Crippen molar-refractivity contribution in [3.05, 3.63) is 5.51 Å². The molecule has 0 aromatic carbocycles. The Morgan fingerprint density at radius 1 is 1.25 bits per heavy atom. The summed E-state index contributed by atoms with van der Waals surface area (Å²) in [5.74, 6) is 0.583. The maximum Gasteiger partial charge on any atom is 0.411 e. The lowest BCUT2D eigenvalue weighted by molar-refractivity contribution is 0.00952. The Balaban J connectivity index is 1.24. The first-order chi connectivity index (χ1) is 17.1. The lowest BCUT2D eigenvalue weighted by Crippen LogP contribution is -2.58. The van der Waals surface area contributed by atoms with Crippen molar-refractivity contribution >= 4 is 33.6 Å². The molecule has 12 heteroatoms. The average Bonchev–Trinajstić information content (AvgIpc) is 3.52. The van der Waals surface area contributed by atoms with Crippen LogP contribution in [0.15, 0.2) is 5.51 Å². The molecule has 196 valence electrons. The second kappa shape index (κ2) is 8.61. The molecule has 0 spiro atoms. The summed E-state index contributed by atoms with van der Waals surface area (Å²) in [5.41, 5.74) is 1.39. The number of carbonyl (C=O) groups excluding carboxylic acids is 1. The topological polar surface area (TPSA) is 83.9 Å². The number of hydrogen-bond donors (Lipinski definition) is 0. The molecule has 0 saturated carbocycles. The summed E-state index contributed by atoms with van der Waals surface area (Å²) in [4.78, 5) is 33.0. The minimum Gasteiger partial charge on any atom is -0.461 e. The van der Waals surface area contributed by atoms with Gasteiger partial charge in [-0.25, -0.2) is 18.6 Å². The van der Waals surface area contributed by atoms with Crippen molar-refractivity contribution in [1.29, 1.82) is 0 Å². The van der Waals surface area contributed by atoms with Crippen molar-refractivity contribution in [2.45, 2.75) is 82.0 Å². The van der Waals surface area contributed by atoms with E-state index in [0.29, 0.717) is 42.3 Å². The molecular formula is C24H32F2N6O3S. The number of amides is 1. The number of aromatic nitrogens is 3. The van der Waals surface area contributed by atoms with E-state index < -0.39 is 30.1 Å². The molecule has 0 radical (unpaired) electrons. The molecule has 2 bridgehead atoms. The van der Waals surface area contributed by atoms with Gasteiger partial charge in [0.2, 0.25) is 0 Å².